The molecule has 0 saturated carbocycles. The van der Waals surface area contributed by atoms with E-state index in [1.807, 2.05) is 17.7 Å². The van der Waals surface area contributed by atoms with E-state index >= 15 is 0 Å². The van der Waals surface area contributed by atoms with Crippen molar-refractivity contribution in [1.29, 1.82) is 0 Å². The van der Waals surface area contributed by atoms with Crippen LogP contribution in [0.5, 0.6) is 11.8 Å². The number of anilines is 2. The average Bonchev–Trinajstić information content (AvgIpc) is 3.78. The minimum atomic E-state index is -0.334. The maximum Gasteiger partial charge on any atom is 0.318 e. The number of hydrogen-bond donors (Lipinski definition) is 1. The van der Waals surface area contributed by atoms with Gasteiger partial charge in [0.2, 0.25) is 0 Å². The third-order valence-electron chi connectivity index (χ3n) is 9.81. The standard InChI is InChI=1S/C32H34FN7O3/c1-2-23-24(33)6-5-20-15-22(41)16-26(27(20)23)39-18-25-28(30(39)42)29(37-13-14-40-21(17-37)7-10-34-40)36-31(35-25)43-19-32-8-3-11-38(32)12-4-9-32/h5-7,10,15-16,41H,2-4,8-9,11-14,17-19H2,1H3. The fraction of sp³-hybridized carbons (Fsp3) is 0.438. The molecule has 2 saturated heterocycles. The molecule has 0 unspecified atom stereocenters. The van der Waals surface area contributed by atoms with Gasteiger partial charge in [0, 0.05) is 24.2 Å². The van der Waals surface area contributed by atoms with E-state index < -0.39 is 0 Å². The van der Waals surface area contributed by atoms with Gasteiger partial charge in [-0.3, -0.25) is 14.4 Å². The second-order valence-electron chi connectivity index (χ2n) is 12.2. The van der Waals surface area contributed by atoms with Gasteiger partial charge in [0.05, 0.1) is 42.2 Å². The molecule has 6 heterocycles. The first-order valence-electron chi connectivity index (χ1n) is 15.2. The summed E-state index contributed by atoms with van der Waals surface area (Å²) in [4.78, 5) is 30.2. The number of hydrogen-bond acceptors (Lipinski definition) is 8. The third kappa shape index (κ3) is 4.16. The number of fused-ring (bicyclic) bond motifs is 4. The molecule has 0 radical (unpaired) electrons. The van der Waals surface area contributed by atoms with Gasteiger partial charge in [-0.1, -0.05) is 13.0 Å². The van der Waals surface area contributed by atoms with Crippen molar-refractivity contribution in [2.24, 2.45) is 0 Å². The van der Waals surface area contributed by atoms with Gasteiger partial charge in [-0.15, -0.1) is 0 Å². The zero-order valence-electron chi connectivity index (χ0n) is 24.2. The molecule has 0 atom stereocenters. The van der Waals surface area contributed by atoms with E-state index in [2.05, 4.69) is 14.9 Å². The highest BCUT2D eigenvalue weighted by Crippen LogP contribution is 2.42. The Bertz CT molecular complexity index is 1760. The Morgan fingerprint density at radius 2 is 1.88 bits per heavy atom. The molecule has 2 aromatic heterocycles. The number of rotatable bonds is 6. The molecule has 1 N–H and O–H groups in total. The Morgan fingerprint density at radius 3 is 2.70 bits per heavy atom. The summed E-state index contributed by atoms with van der Waals surface area (Å²) in [7, 11) is 0. The summed E-state index contributed by atoms with van der Waals surface area (Å²) in [5.74, 6) is -0.0559. The lowest BCUT2D eigenvalue weighted by Gasteiger charge is -2.32. The van der Waals surface area contributed by atoms with Crippen molar-refractivity contribution in [2.75, 3.05) is 36.0 Å². The molecule has 0 spiro atoms. The van der Waals surface area contributed by atoms with E-state index in [1.54, 1.807) is 29.3 Å². The average molecular weight is 584 g/mol. The number of ether oxygens (including phenoxy) is 1. The van der Waals surface area contributed by atoms with E-state index in [9.17, 15) is 14.3 Å². The maximum absolute atomic E-state index is 15.0. The lowest BCUT2D eigenvalue weighted by molar-refractivity contribution is 0.0996. The first-order chi connectivity index (χ1) is 20.9. The van der Waals surface area contributed by atoms with Crippen LogP contribution in [0.15, 0.2) is 36.5 Å². The lowest BCUT2D eigenvalue weighted by atomic mass is 9.95. The first-order valence-corrected chi connectivity index (χ1v) is 15.2. The van der Waals surface area contributed by atoms with Crippen LogP contribution < -0.4 is 14.5 Å². The van der Waals surface area contributed by atoms with Gasteiger partial charge in [-0.2, -0.15) is 15.1 Å². The summed E-state index contributed by atoms with van der Waals surface area (Å²) in [5.41, 5.74) is 3.04. The zero-order valence-corrected chi connectivity index (χ0v) is 24.2. The van der Waals surface area contributed by atoms with Crippen LogP contribution in [-0.2, 0) is 26.1 Å². The van der Waals surface area contributed by atoms with Crippen molar-refractivity contribution in [1.82, 2.24) is 24.6 Å². The molecule has 11 heteroatoms. The van der Waals surface area contributed by atoms with Crippen LogP contribution in [0, 0.1) is 5.82 Å². The van der Waals surface area contributed by atoms with Crippen LogP contribution in [0.2, 0.25) is 0 Å². The molecule has 4 aliphatic heterocycles. The highest BCUT2D eigenvalue weighted by atomic mass is 19.1. The Labute approximate surface area is 248 Å². The van der Waals surface area contributed by atoms with Crippen LogP contribution >= 0.6 is 0 Å². The molecule has 4 aliphatic rings. The quantitative estimate of drug-likeness (QED) is 0.356. The van der Waals surface area contributed by atoms with Crippen LogP contribution in [0.25, 0.3) is 10.8 Å². The van der Waals surface area contributed by atoms with Crippen LogP contribution in [-0.4, -0.2) is 67.4 Å². The lowest BCUT2D eigenvalue weighted by Crippen LogP contribution is -2.43. The highest BCUT2D eigenvalue weighted by Gasteiger charge is 2.45. The Balaban J connectivity index is 1.21. The number of carbonyl (C=O) groups is 1. The Kier molecular flexibility index (Phi) is 6.08. The molecule has 10 nitrogen and oxygen atoms in total. The molecule has 8 rings (SSSR count). The summed E-state index contributed by atoms with van der Waals surface area (Å²) in [6, 6.07) is 8.46. The van der Waals surface area contributed by atoms with E-state index in [0.29, 0.717) is 71.8 Å². The SMILES string of the molecule is CCc1c(F)ccc2cc(O)cc(N3Cc4nc(OCC56CCCN5CCC6)nc(N5CCn6nccc6C5)c4C3=O)c12. The predicted octanol–water partition coefficient (Wildman–Crippen LogP) is 4.42. The summed E-state index contributed by atoms with van der Waals surface area (Å²) in [6.45, 7) is 6.62. The predicted molar refractivity (Wildman–Crippen MR) is 159 cm³/mol. The van der Waals surface area contributed by atoms with E-state index in [1.165, 1.54) is 18.9 Å². The number of aryl methyl sites for hydroxylation is 1. The number of amides is 1. The zero-order chi connectivity index (χ0) is 29.3. The highest BCUT2D eigenvalue weighted by molar-refractivity contribution is 6.16. The summed E-state index contributed by atoms with van der Waals surface area (Å²) < 4.78 is 23.4. The second-order valence-corrected chi connectivity index (χ2v) is 12.2. The fourth-order valence-corrected chi connectivity index (χ4v) is 7.71. The second kappa shape index (κ2) is 9.90. The number of halogens is 1. The van der Waals surface area contributed by atoms with E-state index in [4.69, 9.17) is 14.7 Å². The van der Waals surface area contributed by atoms with Crippen LogP contribution in [0.3, 0.4) is 0 Å². The molecule has 2 fully saturated rings. The Morgan fingerprint density at radius 1 is 1.05 bits per heavy atom. The van der Waals surface area contributed by atoms with Crippen molar-refractivity contribution >= 4 is 28.2 Å². The number of nitrogens with zero attached hydrogens (tertiary/aromatic N) is 7. The summed E-state index contributed by atoms with van der Waals surface area (Å²) in [6.07, 6.45) is 6.78. The van der Waals surface area contributed by atoms with Gasteiger partial charge < -0.3 is 19.6 Å². The molecule has 2 aromatic carbocycles. The summed E-state index contributed by atoms with van der Waals surface area (Å²) >= 11 is 0. The Hall–Kier alpha value is -4.25. The minimum Gasteiger partial charge on any atom is -0.508 e. The van der Waals surface area contributed by atoms with E-state index in [-0.39, 0.29) is 35.6 Å². The largest absolute Gasteiger partial charge is 0.508 e. The van der Waals surface area contributed by atoms with Gasteiger partial charge in [-0.05, 0) is 74.3 Å². The molecular formula is C32H34FN7O3. The first kappa shape index (κ1) is 26.4. The van der Waals surface area contributed by atoms with Crippen molar-refractivity contribution in [3.63, 3.8) is 0 Å². The van der Waals surface area contributed by atoms with Crippen molar-refractivity contribution in [3.05, 3.63) is 64.9 Å². The molecule has 1 amide bonds. The number of carbonyl (C=O) groups excluding carboxylic acids is 1. The molecule has 0 aliphatic carbocycles. The smallest absolute Gasteiger partial charge is 0.318 e. The molecular weight excluding hydrogens is 549 g/mol. The minimum absolute atomic E-state index is 0.0106. The number of phenols is 1. The van der Waals surface area contributed by atoms with Crippen molar-refractivity contribution in [3.8, 4) is 11.8 Å². The number of aromatic hydroxyl groups is 1. The third-order valence-corrected chi connectivity index (χ3v) is 9.81. The van der Waals surface area contributed by atoms with Gasteiger partial charge in [-0.25, -0.2) is 4.39 Å². The molecule has 0 bridgehead atoms. The number of aromatic nitrogens is 4. The maximum atomic E-state index is 15.0. The fourth-order valence-electron chi connectivity index (χ4n) is 7.71. The topological polar surface area (TPSA) is 99.9 Å². The number of benzene rings is 2. The molecule has 4 aromatic rings. The molecule has 43 heavy (non-hydrogen) atoms. The van der Waals surface area contributed by atoms with Gasteiger partial charge in [0.15, 0.2) is 0 Å². The monoisotopic (exact) mass is 583 g/mol. The molecule has 222 valence electrons. The van der Waals surface area contributed by atoms with Gasteiger partial charge in [0.25, 0.3) is 5.91 Å². The van der Waals surface area contributed by atoms with E-state index in [0.717, 1.165) is 31.6 Å². The van der Waals surface area contributed by atoms with Gasteiger partial charge >= 0.3 is 6.01 Å². The van der Waals surface area contributed by atoms with Crippen molar-refractivity contribution < 1.29 is 19.0 Å². The van der Waals surface area contributed by atoms with Crippen LogP contribution in [0.1, 0.15) is 59.9 Å². The van der Waals surface area contributed by atoms with Crippen molar-refractivity contribution in [2.45, 2.75) is 64.2 Å². The summed E-state index contributed by atoms with van der Waals surface area (Å²) in [5, 5.41) is 16.3. The normalized spacial score (nSPS) is 19.3. The van der Waals surface area contributed by atoms with Gasteiger partial charge in [0.1, 0.15) is 29.6 Å². The number of phenolic OH excluding ortho intramolecular Hbond substituents is 1. The van der Waals surface area contributed by atoms with Crippen LogP contribution in [0.4, 0.5) is 15.9 Å².